The third-order valence-corrected chi connectivity index (χ3v) is 6.56. The third-order valence-electron chi connectivity index (χ3n) is 6.22. The number of ether oxygens (including phenoxy) is 1. The fourth-order valence-corrected chi connectivity index (χ4v) is 4.98. The average molecular weight is 447 g/mol. The normalized spacial score (nSPS) is 19.9. The molecule has 162 valence electrons. The highest BCUT2D eigenvalue weighted by molar-refractivity contribution is 6.31. The first-order valence-corrected chi connectivity index (χ1v) is 10.9. The van der Waals surface area contributed by atoms with Crippen molar-refractivity contribution in [3.63, 3.8) is 0 Å². The zero-order valence-corrected chi connectivity index (χ0v) is 18.3. The number of allylic oxidation sites excluding steroid dienone is 1. The summed E-state index contributed by atoms with van der Waals surface area (Å²) < 4.78 is 5.32. The van der Waals surface area contributed by atoms with E-state index >= 15 is 0 Å². The molecule has 6 heteroatoms. The van der Waals surface area contributed by atoms with Crippen molar-refractivity contribution >= 4 is 28.8 Å². The lowest BCUT2D eigenvalue weighted by Gasteiger charge is -2.30. The largest absolute Gasteiger partial charge is 0.504 e. The number of aromatic hydroxyl groups is 1. The number of hydrogen-bond donors (Lipinski definition) is 3. The van der Waals surface area contributed by atoms with Gasteiger partial charge in [-0.2, -0.15) is 0 Å². The lowest BCUT2D eigenvalue weighted by Crippen LogP contribution is -2.27. The number of phenols is 1. The van der Waals surface area contributed by atoms with Crippen LogP contribution in [0.15, 0.2) is 78.0 Å². The molecular formula is C26H23ClN2O3. The minimum absolute atomic E-state index is 0.0210. The minimum atomic E-state index is -0.518. The third kappa shape index (κ3) is 3.49. The number of hydrogen-bond acceptors (Lipinski definition) is 5. The second-order valence-electron chi connectivity index (χ2n) is 8.09. The number of Topliss-reactive ketones (excluding diaryl/α,β-unsaturated/α-hetero) is 1. The van der Waals surface area contributed by atoms with E-state index in [1.165, 1.54) is 7.11 Å². The van der Waals surface area contributed by atoms with Crippen LogP contribution in [0.25, 0.3) is 0 Å². The first kappa shape index (κ1) is 20.5. The average Bonchev–Trinajstić information content (AvgIpc) is 2.96. The van der Waals surface area contributed by atoms with E-state index in [1.807, 2.05) is 60.7 Å². The van der Waals surface area contributed by atoms with Crippen molar-refractivity contribution < 1.29 is 14.6 Å². The number of nitrogens with one attached hydrogen (secondary N) is 2. The van der Waals surface area contributed by atoms with Gasteiger partial charge in [-0.25, -0.2) is 0 Å². The standard InChI is InChI=1S/C26H23ClN2O3/c1-32-23-12-6-8-17(26(23)31)25-24-21(28-19-10-4-5-11-20(19)29-25)13-15(14-22(24)30)16-7-2-3-9-18(16)27/h2-12,15,25,28-29,31H,13-14H2,1H3. The van der Waals surface area contributed by atoms with Gasteiger partial charge in [0.05, 0.1) is 24.5 Å². The molecule has 0 saturated carbocycles. The Labute approximate surface area is 191 Å². The molecule has 2 aliphatic rings. The van der Waals surface area contributed by atoms with E-state index in [1.54, 1.807) is 6.07 Å². The Kier molecular flexibility index (Phi) is 5.27. The molecule has 1 aliphatic carbocycles. The van der Waals surface area contributed by atoms with Gasteiger partial charge in [-0.3, -0.25) is 4.79 Å². The Bertz CT molecular complexity index is 1240. The predicted molar refractivity (Wildman–Crippen MR) is 127 cm³/mol. The van der Waals surface area contributed by atoms with Gasteiger partial charge in [-0.1, -0.05) is 54.1 Å². The molecular weight excluding hydrogens is 424 g/mol. The molecule has 2 unspecified atom stereocenters. The van der Waals surface area contributed by atoms with Crippen molar-refractivity contribution in [1.82, 2.24) is 0 Å². The smallest absolute Gasteiger partial charge is 0.163 e. The van der Waals surface area contributed by atoms with E-state index in [4.69, 9.17) is 16.3 Å². The molecule has 0 aromatic heterocycles. The molecule has 3 N–H and O–H groups in total. The van der Waals surface area contributed by atoms with Crippen molar-refractivity contribution in [3.8, 4) is 11.5 Å². The Morgan fingerprint density at radius 1 is 0.938 bits per heavy atom. The molecule has 0 spiro atoms. The van der Waals surface area contributed by atoms with Crippen LogP contribution in [-0.4, -0.2) is 18.0 Å². The zero-order chi connectivity index (χ0) is 22.2. The molecule has 0 fully saturated rings. The van der Waals surface area contributed by atoms with Crippen LogP contribution in [0.5, 0.6) is 11.5 Å². The summed E-state index contributed by atoms with van der Waals surface area (Å²) in [6.07, 6.45) is 0.992. The zero-order valence-electron chi connectivity index (χ0n) is 17.6. The molecule has 3 aromatic rings. The van der Waals surface area contributed by atoms with Crippen LogP contribution in [-0.2, 0) is 4.79 Å². The number of benzene rings is 3. The topological polar surface area (TPSA) is 70.6 Å². The first-order valence-electron chi connectivity index (χ1n) is 10.6. The van der Waals surface area contributed by atoms with E-state index in [2.05, 4.69) is 10.6 Å². The molecule has 32 heavy (non-hydrogen) atoms. The van der Waals surface area contributed by atoms with Crippen molar-refractivity contribution in [2.45, 2.75) is 24.8 Å². The first-order chi connectivity index (χ1) is 15.6. The minimum Gasteiger partial charge on any atom is -0.504 e. The fraction of sp³-hybridized carbons (Fsp3) is 0.192. The number of phenolic OH excluding ortho intramolecular Hbond substituents is 1. The van der Waals surface area contributed by atoms with E-state index in [0.29, 0.717) is 34.8 Å². The van der Waals surface area contributed by atoms with Crippen molar-refractivity contribution in [2.75, 3.05) is 17.7 Å². The van der Waals surface area contributed by atoms with Crippen molar-refractivity contribution in [1.29, 1.82) is 0 Å². The Morgan fingerprint density at radius 2 is 1.66 bits per heavy atom. The van der Waals surface area contributed by atoms with Gasteiger partial charge in [0.15, 0.2) is 17.3 Å². The molecule has 1 heterocycles. The monoisotopic (exact) mass is 446 g/mol. The van der Waals surface area contributed by atoms with Gasteiger partial charge in [-0.15, -0.1) is 0 Å². The summed E-state index contributed by atoms with van der Waals surface area (Å²) in [6.45, 7) is 0. The Balaban J connectivity index is 1.65. The Hall–Kier alpha value is -3.44. The summed E-state index contributed by atoms with van der Waals surface area (Å²) in [5, 5.41) is 18.5. The summed E-state index contributed by atoms with van der Waals surface area (Å²) in [7, 11) is 1.51. The maximum Gasteiger partial charge on any atom is 0.163 e. The number of anilines is 2. The molecule has 0 amide bonds. The van der Waals surface area contributed by atoms with Crippen LogP contribution in [0.1, 0.15) is 35.9 Å². The fourth-order valence-electron chi connectivity index (χ4n) is 4.69. The van der Waals surface area contributed by atoms with Crippen molar-refractivity contribution in [2.24, 2.45) is 0 Å². The van der Waals surface area contributed by atoms with E-state index in [0.717, 1.165) is 22.6 Å². The lowest BCUT2D eigenvalue weighted by atomic mass is 9.78. The molecule has 2 atom stereocenters. The summed E-state index contributed by atoms with van der Waals surface area (Å²) >= 11 is 6.47. The molecule has 0 saturated heterocycles. The van der Waals surface area contributed by atoms with Gasteiger partial charge < -0.3 is 20.5 Å². The summed E-state index contributed by atoms with van der Waals surface area (Å²) in [5.74, 6) is 0.400. The van der Waals surface area contributed by atoms with Gasteiger partial charge in [0.1, 0.15) is 0 Å². The lowest BCUT2D eigenvalue weighted by molar-refractivity contribution is -0.116. The van der Waals surface area contributed by atoms with Crippen LogP contribution < -0.4 is 15.4 Å². The van der Waals surface area contributed by atoms with Crippen LogP contribution in [0.3, 0.4) is 0 Å². The number of methoxy groups -OCH3 is 1. The molecule has 1 aliphatic heterocycles. The van der Waals surface area contributed by atoms with E-state index in [-0.39, 0.29) is 17.5 Å². The van der Waals surface area contributed by atoms with E-state index < -0.39 is 6.04 Å². The maximum absolute atomic E-state index is 13.6. The van der Waals surface area contributed by atoms with Crippen LogP contribution in [0, 0.1) is 0 Å². The molecule has 5 nitrogen and oxygen atoms in total. The van der Waals surface area contributed by atoms with Gasteiger partial charge in [0, 0.05) is 28.3 Å². The molecule has 0 bridgehead atoms. The number of ketones is 1. The van der Waals surface area contributed by atoms with Crippen LogP contribution in [0.2, 0.25) is 5.02 Å². The second kappa shape index (κ2) is 8.24. The van der Waals surface area contributed by atoms with Crippen LogP contribution >= 0.6 is 11.6 Å². The number of carbonyl (C=O) groups is 1. The van der Waals surface area contributed by atoms with Gasteiger partial charge in [0.2, 0.25) is 0 Å². The highest BCUT2D eigenvalue weighted by atomic mass is 35.5. The molecule has 3 aromatic carbocycles. The number of para-hydroxylation sites is 3. The van der Waals surface area contributed by atoms with E-state index in [9.17, 15) is 9.90 Å². The maximum atomic E-state index is 13.6. The number of carbonyl (C=O) groups excluding carboxylic acids is 1. The van der Waals surface area contributed by atoms with Gasteiger partial charge in [-0.05, 0) is 42.2 Å². The highest BCUT2D eigenvalue weighted by Crippen LogP contribution is 2.47. The summed E-state index contributed by atoms with van der Waals surface area (Å²) in [4.78, 5) is 13.6. The number of fused-ring (bicyclic) bond motifs is 1. The second-order valence-corrected chi connectivity index (χ2v) is 8.50. The van der Waals surface area contributed by atoms with Gasteiger partial charge in [0.25, 0.3) is 0 Å². The SMILES string of the molecule is COc1cccc(C2Nc3ccccc3NC3=C2C(=O)CC(c2ccccc2Cl)C3)c1O. The highest BCUT2D eigenvalue weighted by Gasteiger charge is 2.37. The molecule has 5 rings (SSSR count). The van der Waals surface area contributed by atoms with Gasteiger partial charge >= 0.3 is 0 Å². The quantitative estimate of drug-likeness (QED) is 0.458. The number of halogens is 1. The van der Waals surface area contributed by atoms with Crippen LogP contribution in [0.4, 0.5) is 11.4 Å². The number of rotatable bonds is 3. The van der Waals surface area contributed by atoms with Crippen molar-refractivity contribution in [3.05, 3.63) is 94.1 Å². The predicted octanol–water partition coefficient (Wildman–Crippen LogP) is 6.03. The molecule has 0 radical (unpaired) electrons. The summed E-state index contributed by atoms with van der Waals surface area (Å²) in [6, 6.07) is 20.3. The Morgan fingerprint density at radius 3 is 2.44 bits per heavy atom. The summed E-state index contributed by atoms with van der Waals surface area (Å²) in [5.41, 5.74) is 4.79.